The molecule has 2 fully saturated rings. The van der Waals surface area contributed by atoms with Gasteiger partial charge in [0.2, 0.25) is 0 Å². The van der Waals surface area contributed by atoms with Crippen LogP contribution in [0.2, 0.25) is 0 Å². The number of hydrogen-bond donors (Lipinski definition) is 2. The molecule has 0 radical (unpaired) electrons. The molecule has 4 heteroatoms. The topological polar surface area (TPSA) is 52.6 Å². The summed E-state index contributed by atoms with van der Waals surface area (Å²) < 4.78 is 0. The number of rotatable bonds is 8. The largest absolute Gasteiger partial charge is 0.375 e. The molecular formula is C23H36N2O2. The van der Waals surface area contributed by atoms with E-state index in [2.05, 4.69) is 24.1 Å². The number of aliphatic hydroxyl groups is 1. The Morgan fingerprint density at radius 1 is 1.19 bits per heavy atom. The number of amides is 1. The summed E-state index contributed by atoms with van der Waals surface area (Å²) in [6, 6.07) is 9.68. The minimum Gasteiger partial charge on any atom is -0.375 e. The van der Waals surface area contributed by atoms with Crippen molar-refractivity contribution in [3.63, 3.8) is 0 Å². The molecule has 1 amide bonds. The number of piperidine rings is 1. The average Bonchev–Trinajstić information content (AvgIpc) is 2.62. The zero-order valence-electron chi connectivity index (χ0n) is 17.0. The van der Waals surface area contributed by atoms with Gasteiger partial charge in [-0.3, -0.25) is 4.79 Å². The van der Waals surface area contributed by atoms with Crippen molar-refractivity contribution < 1.29 is 9.90 Å². The summed E-state index contributed by atoms with van der Waals surface area (Å²) in [5, 5.41) is 14.6. The van der Waals surface area contributed by atoms with Gasteiger partial charge in [-0.05, 0) is 56.6 Å². The van der Waals surface area contributed by atoms with Gasteiger partial charge in [0.1, 0.15) is 0 Å². The Morgan fingerprint density at radius 2 is 1.85 bits per heavy atom. The SMILES string of the molecule is CC(C)CCCN1CCC(NC(=O)C(O)(c2ccccc2)C2CCC2)CC1. The Kier molecular flexibility index (Phi) is 6.93. The van der Waals surface area contributed by atoms with Crippen molar-refractivity contribution in [2.24, 2.45) is 11.8 Å². The van der Waals surface area contributed by atoms with Crippen LogP contribution in [0.25, 0.3) is 0 Å². The van der Waals surface area contributed by atoms with Crippen LogP contribution in [0.3, 0.4) is 0 Å². The molecule has 1 aliphatic heterocycles. The van der Waals surface area contributed by atoms with Gasteiger partial charge in [0.25, 0.3) is 5.91 Å². The molecule has 1 atom stereocenters. The predicted octanol–water partition coefficient (Wildman–Crippen LogP) is 3.69. The van der Waals surface area contributed by atoms with Crippen molar-refractivity contribution in [3.8, 4) is 0 Å². The summed E-state index contributed by atoms with van der Waals surface area (Å²) in [6.07, 6.45) is 7.43. The number of nitrogens with one attached hydrogen (secondary N) is 1. The lowest BCUT2D eigenvalue weighted by Gasteiger charge is -2.42. The molecule has 1 unspecified atom stereocenters. The monoisotopic (exact) mass is 372 g/mol. The van der Waals surface area contributed by atoms with Crippen molar-refractivity contribution >= 4 is 5.91 Å². The lowest BCUT2D eigenvalue weighted by molar-refractivity contribution is -0.153. The molecule has 0 spiro atoms. The molecule has 3 rings (SSSR count). The first-order valence-electron chi connectivity index (χ1n) is 10.8. The minimum absolute atomic E-state index is 0.0380. The molecule has 1 heterocycles. The molecule has 1 aliphatic carbocycles. The smallest absolute Gasteiger partial charge is 0.257 e. The molecule has 1 saturated heterocycles. The van der Waals surface area contributed by atoms with E-state index in [9.17, 15) is 9.90 Å². The summed E-state index contributed by atoms with van der Waals surface area (Å²) in [4.78, 5) is 15.6. The van der Waals surface area contributed by atoms with Gasteiger partial charge in [-0.15, -0.1) is 0 Å². The van der Waals surface area contributed by atoms with Crippen LogP contribution in [0.5, 0.6) is 0 Å². The average molecular weight is 373 g/mol. The van der Waals surface area contributed by atoms with Gasteiger partial charge in [0, 0.05) is 25.0 Å². The summed E-state index contributed by atoms with van der Waals surface area (Å²) in [6.45, 7) is 7.79. The third-order valence-electron chi connectivity index (χ3n) is 6.43. The third kappa shape index (κ3) is 4.91. The van der Waals surface area contributed by atoms with E-state index in [0.29, 0.717) is 0 Å². The van der Waals surface area contributed by atoms with Crippen LogP contribution in [0.4, 0.5) is 0 Å². The van der Waals surface area contributed by atoms with Gasteiger partial charge in [0.05, 0.1) is 0 Å². The van der Waals surface area contributed by atoms with Crippen LogP contribution in [0.15, 0.2) is 30.3 Å². The van der Waals surface area contributed by atoms with E-state index in [1.807, 2.05) is 30.3 Å². The molecule has 4 nitrogen and oxygen atoms in total. The zero-order chi connectivity index (χ0) is 19.3. The van der Waals surface area contributed by atoms with Crippen molar-refractivity contribution in [2.75, 3.05) is 19.6 Å². The van der Waals surface area contributed by atoms with Gasteiger partial charge in [-0.2, -0.15) is 0 Å². The van der Waals surface area contributed by atoms with Gasteiger partial charge < -0.3 is 15.3 Å². The quantitative estimate of drug-likeness (QED) is 0.732. The second-order valence-corrected chi connectivity index (χ2v) is 8.89. The molecule has 150 valence electrons. The van der Waals surface area contributed by atoms with Crippen LogP contribution in [0, 0.1) is 11.8 Å². The van der Waals surface area contributed by atoms with E-state index in [1.54, 1.807) is 0 Å². The summed E-state index contributed by atoms with van der Waals surface area (Å²) in [5.41, 5.74) is -0.646. The number of nitrogens with zero attached hydrogens (tertiary/aromatic N) is 1. The van der Waals surface area contributed by atoms with Crippen molar-refractivity contribution in [1.29, 1.82) is 0 Å². The molecule has 2 aliphatic rings. The van der Waals surface area contributed by atoms with Crippen molar-refractivity contribution in [3.05, 3.63) is 35.9 Å². The van der Waals surface area contributed by atoms with E-state index >= 15 is 0 Å². The van der Waals surface area contributed by atoms with Crippen LogP contribution < -0.4 is 5.32 Å². The van der Waals surface area contributed by atoms with Gasteiger partial charge in [-0.25, -0.2) is 0 Å². The van der Waals surface area contributed by atoms with Gasteiger partial charge >= 0.3 is 0 Å². The summed E-state index contributed by atoms with van der Waals surface area (Å²) in [5.74, 6) is 0.608. The Labute approximate surface area is 164 Å². The van der Waals surface area contributed by atoms with E-state index < -0.39 is 5.60 Å². The number of carbonyl (C=O) groups is 1. The van der Waals surface area contributed by atoms with Gasteiger partial charge in [0.15, 0.2) is 5.60 Å². The van der Waals surface area contributed by atoms with E-state index in [0.717, 1.165) is 63.2 Å². The number of benzene rings is 1. The lowest BCUT2D eigenvalue weighted by Crippen LogP contribution is -2.55. The fourth-order valence-corrected chi connectivity index (χ4v) is 4.39. The maximum atomic E-state index is 13.1. The maximum absolute atomic E-state index is 13.1. The van der Waals surface area contributed by atoms with Crippen LogP contribution in [-0.4, -0.2) is 41.6 Å². The van der Waals surface area contributed by atoms with E-state index in [-0.39, 0.29) is 17.9 Å². The Hall–Kier alpha value is -1.39. The standard InChI is InChI=1S/C23H36N2O2/c1-18(2)8-7-15-25-16-13-21(14-17-25)24-22(26)23(27,20-11-6-12-20)19-9-4-3-5-10-19/h3-5,9-10,18,20-21,27H,6-8,11-17H2,1-2H3,(H,24,26). The predicted molar refractivity (Wildman–Crippen MR) is 109 cm³/mol. The molecule has 2 N–H and O–H groups in total. The van der Waals surface area contributed by atoms with Crippen molar-refractivity contribution in [2.45, 2.75) is 70.4 Å². The molecule has 0 bridgehead atoms. The Bertz CT molecular complexity index is 592. The van der Waals surface area contributed by atoms with Gasteiger partial charge in [-0.1, -0.05) is 50.6 Å². The fourth-order valence-electron chi connectivity index (χ4n) is 4.39. The van der Waals surface area contributed by atoms with Crippen molar-refractivity contribution in [1.82, 2.24) is 10.2 Å². The number of hydrogen-bond acceptors (Lipinski definition) is 3. The van der Waals surface area contributed by atoms with Crippen LogP contribution in [0.1, 0.15) is 64.4 Å². The maximum Gasteiger partial charge on any atom is 0.257 e. The molecule has 0 aromatic heterocycles. The first-order chi connectivity index (χ1) is 13.0. The van der Waals surface area contributed by atoms with E-state index in [1.165, 1.54) is 12.8 Å². The molecule has 1 aromatic carbocycles. The highest BCUT2D eigenvalue weighted by Gasteiger charge is 2.48. The second kappa shape index (κ2) is 9.20. The molecular weight excluding hydrogens is 336 g/mol. The fraction of sp³-hybridized carbons (Fsp3) is 0.696. The molecule has 1 saturated carbocycles. The number of carbonyl (C=O) groups excluding carboxylic acids is 1. The molecule has 27 heavy (non-hydrogen) atoms. The third-order valence-corrected chi connectivity index (χ3v) is 6.43. The van der Waals surface area contributed by atoms with Crippen LogP contribution >= 0.6 is 0 Å². The van der Waals surface area contributed by atoms with Crippen LogP contribution in [-0.2, 0) is 10.4 Å². The number of likely N-dealkylation sites (tertiary alicyclic amines) is 1. The zero-order valence-corrected chi connectivity index (χ0v) is 17.0. The highest BCUT2D eigenvalue weighted by atomic mass is 16.3. The highest BCUT2D eigenvalue weighted by Crippen LogP contribution is 2.42. The summed E-state index contributed by atoms with van der Waals surface area (Å²) in [7, 11) is 0. The minimum atomic E-state index is -1.38. The Morgan fingerprint density at radius 3 is 2.41 bits per heavy atom. The molecule has 1 aromatic rings. The normalized spacial score (nSPS) is 21.6. The highest BCUT2D eigenvalue weighted by molar-refractivity contribution is 5.87. The Balaban J connectivity index is 1.54. The summed E-state index contributed by atoms with van der Waals surface area (Å²) >= 11 is 0. The van der Waals surface area contributed by atoms with E-state index in [4.69, 9.17) is 0 Å². The second-order valence-electron chi connectivity index (χ2n) is 8.89. The first-order valence-corrected chi connectivity index (χ1v) is 10.8. The lowest BCUT2D eigenvalue weighted by atomic mass is 9.69. The first kappa shape index (κ1) is 20.3.